The van der Waals surface area contributed by atoms with Crippen LogP contribution in [0.3, 0.4) is 0 Å². The number of ketones is 1. The Morgan fingerprint density at radius 2 is 1.88 bits per heavy atom. The van der Waals surface area contributed by atoms with Crippen molar-refractivity contribution < 1.29 is 53.4 Å². The van der Waals surface area contributed by atoms with Gasteiger partial charge in [-0.2, -0.15) is 0 Å². The number of benzene rings is 1. The van der Waals surface area contributed by atoms with Crippen LogP contribution in [0.1, 0.15) is 40.6 Å². The molecule has 0 bridgehead atoms. The normalized spacial score (nSPS) is 29.1. The summed E-state index contributed by atoms with van der Waals surface area (Å²) in [4.78, 5) is 39.3. The van der Waals surface area contributed by atoms with Crippen molar-refractivity contribution in [2.75, 3.05) is 20.8 Å². The maximum Gasteiger partial charge on any atom is 0.305 e. The number of esters is 1. The molecule has 43 heavy (non-hydrogen) atoms. The number of carbonyl (C=O) groups excluding carboxylic acids is 3. The Bertz CT molecular complexity index is 1500. The summed E-state index contributed by atoms with van der Waals surface area (Å²) in [6, 6.07) is 7.27. The summed E-state index contributed by atoms with van der Waals surface area (Å²) in [6.07, 6.45) is -4.27. The number of ether oxygens (including phenoxy) is 3. The predicted molar refractivity (Wildman–Crippen MR) is 149 cm³/mol. The first-order chi connectivity index (χ1) is 20.6. The van der Waals surface area contributed by atoms with Gasteiger partial charge in [-0.15, -0.1) is 0 Å². The maximum absolute atomic E-state index is 13.5. The van der Waals surface area contributed by atoms with Crippen LogP contribution in [0.25, 0.3) is 10.9 Å². The van der Waals surface area contributed by atoms with Crippen molar-refractivity contribution in [2.45, 2.75) is 62.9 Å². The Kier molecular flexibility index (Phi) is 8.90. The first-order valence-corrected chi connectivity index (χ1v) is 14.0. The minimum atomic E-state index is -1.68. The molecule has 0 spiro atoms. The monoisotopic (exact) mass is 600 g/mol. The van der Waals surface area contributed by atoms with Gasteiger partial charge >= 0.3 is 5.97 Å². The van der Waals surface area contributed by atoms with E-state index >= 15 is 0 Å². The van der Waals surface area contributed by atoms with Crippen molar-refractivity contribution in [3.05, 3.63) is 53.6 Å². The van der Waals surface area contributed by atoms with Crippen molar-refractivity contribution in [2.24, 2.45) is 11.8 Å². The van der Waals surface area contributed by atoms with Crippen molar-refractivity contribution in [1.29, 1.82) is 0 Å². The molecule has 1 aliphatic heterocycles. The van der Waals surface area contributed by atoms with Crippen LogP contribution in [0.5, 0.6) is 5.75 Å². The van der Waals surface area contributed by atoms with Crippen LogP contribution in [0.2, 0.25) is 0 Å². The number of furan rings is 1. The standard InChI is InChI=1S/C30H36N2O11/c1-14-4-7-22(42-14)25-18(10-24(35)41-3)15(8-21(25)34)11-32-12-19(17-6-5-16(40-2)9-20(17)32)29(38)31-26-28(37)27(36)23(13-33)43-30(26)39/h4-7,9,12,15,18,23,25-28,30,33,36-37,39H,8,10-11,13H2,1-3H3,(H,31,38). The van der Waals surface area contributed by atoms with Gasteiger partial charge in [-0.1, -0.05) is 0 Å². The number of amides is 1. The highest BCUT2D eigenvalue weighted by molar-refractivity contribution is 6.07. The predicted octanol–water partition coefficient (Wildman–Crippen LogP) is 0.633. The number of nitrogens with zero attached hydrogens (tertiary/aromatic N) is 1. The molecular formula is C30H36N2O11. The SMILES string of the molecule is COC(=O)CC1C(Cn2cc(C(=O)NC3C(O)OC(CO)C(O)C3O)c3ccc(OC)cc32)CC(=O)C1c1ccc(C)o1. The Balaban J connectivity index is 1.47. The third-order valence-electron chi connectivity index (χ3n) is 8.50. The number of aryl methyl sites for hydroxylation is 1. The molecule has 5 N–H and O–H groups in total. The van der Waals surface area contributed by atoms with Crippen LogP contribution in [-0.4, -0.2) is 94.1 Å². The molecule has 1 saturated heterocycles. The fourth-order valence-corrected chi connectivity index (χ4v) is 6.26. The van der Waals surface area contributed by atoms with E-state index in [9.17, 15) is 34.8 Å². The number of carbonyl (C=O) groups is 3. The molecule has 2 aliphatic rings. The lowest BCUT2D eigenvalue weighted by molar-refractivity contribution is -0.252. The Morgan fingerprint density at radius 1 is 1.12 bits per heavy atom. The van der Waals surface area contributed by atoms with Gasteiger partial charge in [0.1, 0.15) is 47.4 Å². The molecule has 0 radical (unpaired) electrons. The summed E-state index contributed by atoms with van der Waals surface area (Å²) in [5, 5.41) is 43.6. The number of aromatic nitrogens is 1. The highest BCUT2D eigenvalue weighted by Gasteiger charge is 2.47. The number of Topliss-reactive ketones (excluding diaryl/α,β-unsaturated/α-hetero) is 1. The lowest BCUT2D eigenvalue weighted by atomic mass is 9.85. The number of nitrogens with one attached hydrogen (secondary N) is 1. The molecule has 1 aromatic carbocycles. The third-order valence-corrected chi connectivity index (χ3v) is 8.50. The van der Waals surface area contributed by atoms with Gasteiger partial charge in [0.25, 0.3) is 5.91 Å². The molecule has 232 valence electrons. The number of methoxy groups -OCH3 is 2. The second kappa shape index (κ2) is 12.5. The van der Waals surface area contributed by atoms with Gasteiger partial charge in [-0.3, -0.25) is 14.4 Å². The van der Waals surface area contributed by atoms with Crippen LogP contribution in [0, 0.1) is 18.8 Å². The molecule has 13 nitrogen and oxygen atoms in total. The number of rotatable bonds is 9. The van der Waals surface area contributed by atoms with Gasteiger partial charge in [0.15, 0.2) is 6.29 Å². The molecule has 3 aromatic rings. The van der Waals surface area contributed by atoms with E-state index in [4.69, 9.17) is 18.6 Å². The minimum absolute atomic E-state index is 0.00179. The van der Waals surface area contributed by atoms with Crippen molar-refractivity contribution in [3.63, 3.8) is 0 Å². The van der Waals surface area contributed by atoms with Crippen LogP contribution in [0.4, 0.5) is 0 Å². The number of hydrogen-bond donors (Lipinski definition) is 5. The zero-order valence-corrected chi connectivity index (χ0v) is 24.0. The Hall–Kier alpha value is -3.75. The summed E-state index contributed by atoms with van der Waals surface area (Å²) >= 11 is 0. The van der Waals surface area contributed by atoms with Crippen LogP contribution < -0.4 is 10.1 Å². The second-order valence-corrected chi connectivity index (χ2v) is 11.1. The van der Waals surface area contributed by atoms with Crippen molar-refractivity contribution in [3.8, 4) is 5.75 Å². The number of hydrogen-bond acceptors (Lipinski definition) is 11. The zero-order chi connectivity index (χ0) is 31.0. The van der Waals surface area contributed by atoms with E-state index in [1.807, 2.05) is 4.57 Å². The zero-order valence-electron chi connectivity index (χ0n) is 24.0. The Labute approximate surface area is 246 Å². The van der Waals surface area contributed by atoms with Gasteiger partial charge in [0.2, 0.25) is 0 Å². The Morgan fingerprint density at radius 3 is 2.53 bits per heavy atom. The van der Waals surface area contributed by atoms with Crippen molar-refractivity contribution in [1.82, 2.24) is 9.88 Å². The van der Waals surface area contributed by atoms with E-state index in [-0.39, 0.29) is 36.7 Å². The minimum Gasteiger partial charge on any atom is -0.497 e. The highest BCUT2D eigenvalue weighted by atomic mass is 16.6. The molecule has 1 amide bonds. The van der Waals surface area contributed by atoms with E-state index in [2.05, 4.69) is 5.32 Å². The summed E-state index contributed by atoms with van der Waals surface area (Å²) in [5.41, 5.74) is 0.815. The lowest BCUT2D eigenvalue weighted by Crippen LogP contribution is -2.64. The lowest BCUT2D eigenvalue weighted by Gasteiger charge is -2.40. The van der Waals surface area contributed by atoms with Crippen LogP contribution >= 0.6 is 0 Å². The summed E-state index contributed by atoms with van der Waals surface area (Å²) in [7, 11) is 2.81. The number of aliphatic hydroxyl groups is 4. The van der Waals surface area contributed by atoms with Gasteiger partial charge in [-0.25, -0.2) is 0 Å². The fraction of sp³-hybridized carbons (Fsp3) is 0.500. The quantitative estimate of drug-likeness (QED) is 0.217. The molecule has 13 heteroatoms. The van der Waals surface area contributed by atoms with E-state index in [1.165, 1.54) is 14.2 Å². The molecule has 2 fully saturated rings. The van der Waals surface area contributed by atoms with E-state index in [1.54, 1.807) is 43.5 Å². The molecule has 3 heterocycles. The van der Waals surface area contributed by atoms with E-state index in [0.717, 1.165) is 0 Å². The fourth-order valence-electron chi connectivity index (χ4n) is 6.26. The summed E-state index contributed by atoms with van der Waals surface area (Å²) < 4.78 is 23.1. The van der Waals surface area contributed by atoms with E-state index in [0.29, 0.717) is 28.2 Å². The molecular weight excluding hydrogens is 564 g/mol. The molecule has 2 aromatic heterocycles. The maximum atomic E-state index is 13.5. The largest absolute Gasteiger partial charge is 0.497 e. The van der Waals surface area contributed by atoms with Gasteiger partial charge in [0.05, 0.1) is 37.8 Å². The first-order valence-electron chi connectivity index (χ1n) is 14.0. The molecule has 1 saturated carbocycles. The smallest absolute Gasteiger partial charge is 0.305 e. The first kappa shape index (κ1) is 30.7. The highest BCUT2D eigenvalue weighted by Crippen LogP contribution is 2.45. The van der Waals surface area contributed by atoms with Crippen molar-refractivity contribution >= 4 is 28.6 Å². The van der Waals surface area contributed by atoms with Gasteiger partial charge in [-0.05, 0) is 43.0 Å². The van der Waals surface area contributed by atoms with Gasteiger partial charge < -0.3 is 48.9 Å². The summed E-state index contributed by atoms with van der Waals surface area (Å²) in [5.74, 6) is -0.836. The number of fused-ring (bicyclic) bond motifs is 1. The molecule has 8 unspecified atom stereocenters. The van der Waals surface area contributed by atoms with Crippen LogP contribution in [-0.2, 0) is 25.6 Å². The van der Waals surface area contributed by atoms with Gasteiger partial charge in [0, 0.05) is 37.0 Å². The molecule has 8 atom stereocenters. The average molecular weight is 601 g/mol. The molecule has 5 rings (SSSR count). The second-order valence-electron chi connectivity index (χ2n) is 11.1. The van der Waals surface area contributed by atoms with E-state index < -0.39 is 61.0 Å². The molecule has 1 aliphatic carbocycles. The number of aliphatic hydroxyl groups excluding tert-OH is 4. The van der Waals surface area contributed by atoms with Crippen LogP contribution in [0.15, 0.2) is 40.9 Å². The average Bonchev–Trinajstić information content (AvgIpc) is 3.67. The third kappa shape index (κ3) is 5.91. The summed E-state index contributed by atoms with van der Waals surface area (Å²) in [6.45, 7) is 1.42. The topological polar surface area (TPSA) is 190 Å².